The minimum absolute atomic E-state index is 0.198. The van der Waals surface area contributed by atoms with Crippen LogP contribution in [0.4, 0.5) is 0 Å². The predicted molar refractivity (Wildman–Crippen MR) is 77.9 cm³/mol. The summed E-state index contributed by atoms with van der Waals surface area (Å²) in [4.78, 5) is 0. The molecule has 0 bridgehead atoms. The molecule has 2 heterocycles. The van der Waals surface area contributed by atoms with E-state index in [-0.39, 0.29) is 6.04 Å². The van der Waals surface area contributed by atoms with Crippen molar-refractivity contribution in [1.29, 1.82) is 0 Å². The lowest BCUT2D eigenvalue weighted by Gasteiger charge is -2.28. The van der Waals surface area contributed by atoms with Crippen LogP contribution in [0.1, 0.15) is 36.0 Å². The highest BCUT2D eigenvalue weighted by atomic mass is 32.2. The number of aryl methyl sites for hydroxylation is 1. The minimum Gasteiger partial charge on any atom is -0.319 e. The summed E-state index contributed by atoms with van der Waals surface area (Å²) in [5, 5.41) is 11.8. The standard InChI is InChI=1S/C14H18N4S/c1-10(14-17-15-9-18(14)2)16-13-8-19-7-11-5-3-4-6-12(11)13/h3-6,9-10,13,16H,7-8H2,1-2H3. The van der Waals surface area contributed by atoms with Crippen LogP contribution >= 0.6 is 11.8 Å². The third-order valence-corrected chi connectivity index (χ3v) is 4.64. The van der Waals surface area contributed by atoms with Gasteiger partial charge in [0.1, 0.15) is 12.2 Å². The van der Waals surface area contributed by atoms with E-state index in [4.69, 9.17) is 0 Å². The maximum absolute atomic E-state index is 4.18. The second-order valence-corrected chi connectivity index (χ2v) is 5.99. The molecule has 1 aliphatic heterocycles. The molecule has 0 saturated carbocycles. The molecule has 0 spiro atoms. The fourth-order valence-corrected chi connectivity index (χ4v) is 3.69. The maximum Gasteiger partial charge on any atom is 0.149 e. The van der Waals surface area contributed by atoms with E-state index >= 15 is 0 Å². The number of benzene rings is 1. The lowest BCUT2D eigenvalue weighted by molar-refractivity contribution is 0.467. The molecule has 0 aliphatic carbocycles. The monoisotopic (exact) mass is 274 g/mol. The summed E-state index contributed by atoms with van der Waals surface area (Å²) in [6, 6.07) is 9.29. The van der Waals surface area contributed by atoms with E-state index in [9.17, 15) is 0 Å². The highest BCUT2D eigenvalue weighted by molar-refractivity contribution is 7.98. The van der Waals surface area contributed by atoms with Crippen molar-refractivity contribution in [1.82, 2.24) is 20.1 Å². The number of hydrogen-bond donors (Lipinski definition) is 1. The molecule has 0 fully saturated rings. The number of aromatic nitrogens is 3. The Morgan fingerprint density at radius 3 is 3.05 bits per heavy atom. The van der Waals surface area contributed by atoms with Gasteiger partial charge in [0.15, 0.2) is 0 Å². The number of rotatable bonds is 3. The smallest absolute Gasteiger partial charge is 0.149 e. The molecule has 1 aliphatic rings. The first kappa shape index (κ1) is 12.7. The predicted octanol–water partition coefficient (Wildman–Crippen LogP) is 2.45. The Kier molecular flexibility index (Phi) is 3.57. The molecule has 1 aromatic carbocycles. The largest absolute Gasteiger partial charge is 0.319 e. The van der Waals surface area contributed by atoms with Gasteiger partial charge in [0.05, 0.1) is 6.04 Å². The Hall–Kier alpha value is -1.33. The SMILES string of the molecule is CC(NC1CSCc2ccccc21)c1nncn1C. The third kappa shape index (κ3) is 2.53. The van der Waals surface area contributed by atoms with E-state index in [0.717, 1.165) is 17.3 Å². The molecule has 0 amide bonds. The summed E-state index contributed by atoms with van der Waals surface area (Å²) < 4.78 is 1.97. The van der Waals surface area contributed by atoms with Crippen LogP contribution in [0.5, 0.6) is 0 Å². The van der Waals surface area contributed by atoms with E-state index in [2.05, 4.69) is 46.7 Å². The Balaban J connectivity index is 1.80. The third-order valence-electron chi connectivity index (χ3n) is 3.56. The normalized spacial score (nSPS) is 20.0. The number of thioether (sulfide) groups is 1. The van der Waals surface area contributed by atoms with Crippen LogP contribution in [0, 0.1) is 0 Å². The second kappa shape index (κ2) is 5.35. The molecule has 1 aromatic heterocycles. The van der Waals surface area contributed by atoms with Crippen molar-refractivity contribution in [3.63, 3.8) is 0 Å². The highest BCUT2D eigenvalue weighted by Crippen LogP contribution is 2.32. The van der Waals surface area contributed by atoms with Crippen LogP contribution in [-0.4, -0.2) is 20.5 Å². The fraction of sp³-hybridized carbons (Fsp3) is 0.429. The first-order valence-electron chi connectivity index (χ1n) is 6.51. The molecule has 0 saturated heterocycles. The van der Waals surface area contributed by atoms with E-state index in [1.807, 2.05) is 23.4 Å². The topological polar surface area (TPSA) is 42.7 Å². The van der Waals surface area contributed by atoms with Gasteiger partial charge in [-0.2, -0.15) is 11.8 Å². The van der Waals surface area contributed by atoms with Crippen molar-refractivity contribution < 1.29 is 0 Å². The average Bonchev–Trinajstić information content (AvgIpc) is 2.85. The van der Waals surface area contributed by atoms with Gasteiger partial charge in [-0.05, 0) is 18.1 Å². The molecular weight excluding hydrogens is 256 g/mol. The van der Waals surface area contributed by atoms with E-state index < -0.39 is 0 Å². The molecule has 2 aromatic rings. The molecule has 19 heavy (non-hydrogen) atoms. The molecule has 5 heteroatoms. The van der Waals surface area contributed by atoms with E-state index in [0.29, 0.717) is 6.04 Å². The van der Waals surface area contributed by atoms with Crippen LogP contribution in [0.3, 0.4) is 0 Å². The molecule has 4 nitrogen and oxygen atoms in total. The molecule has 0 radical (unpaired) electrons. The van der Waals surface area contributed by atoms with E-state index in [1.165, 1.54) is 11.1 Å². The summed E-state index contributed by atoms with van der Waals surface area (Å²) in [6.07, 6.45) is 1.75. The van der Waals surface area contributed by atoms with Gasteiger partial charge in [-0.25, -0.2) is 0 Å². The molecular formula is C14H18N4S. The second-order valence-electron chi connectivity index (χ2n) is 4.95. The van der Waals surface area contributed by atoms with Gasteiger partial charge in [-0.15, -0.1) is 10.2 Å². The Morgan fingerprint density at radius 1 is 1.42 bits per heavy atom. The average molecular weight is 274 g/mol. The summed E-state index contributed by atoms with van der Waals surface area (Å²) in [6.45, 7) is 2.14. The summed E-state index contributed by atoms with van der Waals surface area (Å²) in [5.74, 6) is 3.21. The van der Waals surface area contributed by atoms with Crippen molar-refractivity contribution >= 4 is 11.8 Å². The zero-order valence-corrected chi connectivity index (χ0v) is 12.0. The minimum atomic E-state index is 0.198. The van der Waals surface area contributed by atoms with Crippen molar-refractivity contribution in [2.24, 2.45) is 7.05 Å². The first-order chi connectivity index (χ1) is 9.25. The van der Waals surface area contributed by atoms with Crippen LogP contribution in [-0.2, 0) is 12.8 Å². The van der Waals surface area contributed by atoms with Crippen molar-refractivity contribution in [3.05, 3.63) is 47.5 Å². The highest BCUT2D eigenvalue weighted by Gasteiger charge is 2.23. The molecule has 100 valence electrons. The zero-order chi connectivity index (χ0) is 13.2. The quantitative estimate of drug-likeness (QED) is 0.933. The van der Waals surface area contributed by atoms with Gasteiger partial charge >= 0.3 is 0 Å². The zero-order valence-electron chi connectivity index (χ0n) is 11.2. The molecule has 2 unspecified atom stereocenters. The van der Waals surface area contributed by atoms with Gasteiger partial charge in [0, 0.05) is 24.6 Å². The van der Waals surface area contributed by atoms with Gasteiger partial charge in [0.25, 0.3) is 0 Å². The number of hydrogen-bond acceptors (Lipinski definition) is 4. The van der Waals surface area contributed by atoms with Crippen LogP contribution < -0.4 is 5.32 Å². The van der Waals surface area contributed by atoms with Crippen LogP contribution in [0.2, 0.25) is 0 Å². The molecule has 1 N–H and O–H groups in total. The summed E-state index contributed by atoms with van der Waals surface area (Å²) >= 11 is 1.98. The Labute approximate surface area is 117 Å². The lowest BCUT2D eigenvalue weighted by atomic mass is 10.0. The van der Waals surface area contributed by atoms with Crippen molar-refractivity contribution in [2.75, 3.05) is 5.75 Å². The van der Waals surface area contributed by atoms with Gasteiger partial charge < -0.3 is 4.57 Å². The van der Waals surface area contributed by atoms with E-state index in [1.54, 1.807) is 6.33 Å². The van der Waals surface area contributed by atoms with Crippen molar-refractivity contribution in [2.45, 2.75) is 24.8 Å². The van der Waals surface area contributed by atoms with Crippen molar-refractivity contribution in [3.8, 4) is 0 Å². The van der Waals surface area contributed by atoms with Gasteiger partial charge in [0.2, 0.25) is 0 Å². The Bertz CT molecular complexity index is 566. The first-order valence-corrected chi connectivity index (χ1v) is 7.66. The Morgan fingerprint density at radius 2 is 2.26 bits per heavy atom. The fourth-order valence-electron chi connectivity index (χ4n) is 2.58. The molecule has 3 rings (SSSR count). The number of fused-ring (bicyclic) bond motifs is 1. The van der Waals surface area contributed by atoms with Gasteiger partial charge in [-0.1, -0.05) is 24.3 Å². The number of nitrogens with zero attached hydrogens (tertiary/aromatic N) is 3. The maximum atomic E-state index is 4.18. The molecule has 2 atom stereocenters. The summed E-state index contributed by atoms with van der Waals surface area (Å²) in [5.41, 5.74) is 2.87. The summed E-state index contributed by atoms with van der Waals surface area (Å²) in [7, 11) is 1.98. The van der Waals surface area contributed by atoms with Crippen LogP contribution in [0.15, 0.2) is 30.6 Å². The number of nitrogens with one attached hydrogen (secondary N) is 1. The lowest BCUT2D eigenvalue weighted by Crippen LogP contribution is -2.30. The van der Waals surface area contributed by atoms with Crippen LogP contribution in [0.25, 0.3) is 0 Å². The van der Waals surface area contributed by atoms with Gasteiger partial charge in [-0.3, -0.25) is 5.32 Å².